The van der Waals surface area contributed by atoms with Gasteiger partial charge in [-0.3, -0.25) is 33.3 Å². The van der Waals surface area contributed by atoms with Crippen LogP contribution in [-0.4, -0.2) is 132 Å². The first-order valence-corrected chi connectivity index (χ1v) is 30.0. The minimum Gasteiger partial charge on any atom is -0.381 e. The van der Waals surface area contributed by atoms with Crippen molar-refractivity contribution in [2.75, 3.05) is 33.4 Å². The summed E-state index contributed by atoms with van der Waals surface area (Å²) in [7, 11) is 2.13. The van der Waals surface area contributed by atoms with E-state index in [1.807, 2.05) is 115 Å². The van der Waals surface area contributed by atoms with Gasteiger partial charge >= 0.3 is 0 Å². The largest absolute Gasteiger partial charge is 0.381 e. The average Bonchev–Trinajstić information content (AvgIpc) is 4.13. The predicted octanol–water partition coefficient (Wildman–Crippen LogP) is 9.83. The molecule has 5 aliphatic rings. The van der Waals surface area contributed by atoms with Crippen molar-refractivity contribution in [2.45, 2.75) is 219 Å². The van der Waals surface area contributed by atoms with E-state index >= 15 is 0 Å². The van der Waals surface area contributed by atoms with Crippen molar-refractivity contribution in [1.82, 2.24) is 65.3 Å². The SMILES string of the molecule is CC(C)NC(=O)c1cccn1C1CC1.CC(C)NC(=O)c1cccn1C1CCC1.CC(C)NC(=O)c1ccnn1C1CCN(C)CC1.CC(C)NC(=O)c1ccnn1C1CCOCC1.CC(C)NC(=O)c1conc1C1CCCCC1. The van der Waals surface area contributed by atoms with Gasteiger partial charge in [0.15, 0.2) is 0 Å². The number of rotatable bonds is 15. The van der Waals surface area contributed by atoms with Crippen LogP contribution in [0, 0.1) is 0 Å². The number of piperidine rings is 1. The maximum Gasteiger partial charge on any atom is 0.269 e. The zero-order valence-electron chi connectivity index (χ0n) is 50.3. The second-order valence-electron chi connectivity index (χ2n) is 23.7. The number of ether oxygens (including phenoxy) is 1. The molecule has 0 aromatic carbocycles. The Bertz CT molecular complexity index is 2630. The molecule has 10 rings (SSSR count). The second kappa shape index (κ2) is 31.6. The highest BCUT2D eigenvalue weighted by Gasteiger charge is 2.29. The first-order valence-electron chi connectivity index (χ1n) is 30.0. The lowest BCUT2D eigenvalue weighted by molar-refractivity contribution is 0.0641. The molecule has 0 atom stereocenters. The molecular formula is C61H95N13O7. The monoisotopic (exact) mass is 1120 g/mol. The van der Waals surface area contributed by atoms with E-state index in [0.29, 0.717) is 41.0 Å². The van der Waals surface area contributed by atoms with Gasteiger partial charge in [-0.2, -0.15) is 10.2 Å². The number of amides is 5. The minimum atomic E-state index is -0.0678. The van der Waals surface area contributed by atoms with Crippen LogP contribution in [0.3, 0.4) is 0 Å². The standard InChI is InChI=1S/C13H22N4O.C13H20N2O2.C12H19N3O2.C12H18N2O.C11H16N2O/c1-10(2)15-13(18)12-4-7-14-17(12)11-5-8-16(3)9-6-11;1-9(2)14-13(16)11-8-17-15-12(11)10-6-4-3-5-7-10;1-9(2)14-12(16)11-3-6-13-15(11)10-4-7-17-8-5-10;1-9(2)13-12(15)11-7-4-8-14(11)10-5-3-6-10;1-8(2)12-11(14)10-4-3-7-13(10)9-5-6-9/h4,7,10-11H,5-6,8-9H2,1-3H3,(H,15,18);8-10H,3-7H2,1-2H3,(H,14,16);3,6,9-10H,4-5,7-8H2,1-2H3,(H,14,16);4,7-10H,3,5-6H2,1-2H3,(H,13,15);3-4,7-9H,5-6H2,1-2H3,(H,12,14). The third-order valence-electron chi connectivity index (χ3n) is 14.7. The van der Waals surface area contributed by atoms with Crippen LogP contribution in [0.5, 0.6) is 0 Å². The van der Waals surface area contributed by atoms with Gasteiger partial charge < -0.3 is 49.9 Å². The zero-order valence-corrected chi connectivity index (χ0v) is 50.3. The highest BCUT2D eigenvalue weighted by molar-refractivity contribution is 5.95. The Morgan fingerprint density at radius 3 is 1.32 bits per heavy atom. The summed E-state index contributed by atoms with van der Waals surface area (Å²) in [6.45, 7) is 23.3. The van der Waals surface area contributed by atoms with E-state index in [1.54, 1.807) is 24.5 Å². The van der Waals surface area contributed by atoms with E-state index in [-0.39, 0.29) is 65.8 Å². The number of aromatic nitrogens is 7. The van der Waals surface area contributed by atoms with E-state index in [4.69, 9.17) is 9.26 Å². The number of carbonyl (C=O) groups excluding carboxylic acids is 5. The number of nitrogens with zero attached hydrogens (tertiary/aromatic N) is 8. The van der Waals surface area contributed by atoms with Crippen LogP contribution in [0.2, 0.25) is 0 Å². The molecule has 0 bridgehead atoms. The first-order chi connectivity index (χ1) is 38.8. The van der Waals surface area contributed by atoms with Gasteiger partial charge in [-0.05, 0) is 196 Å². The van der Waals surface area contributed by atoms with Gasteiger partial charge in [0.05, 0.1) is 17.8 Å². The number of hydrogen-bond acceptors (Lipinski definition) is 11. The van der Waals surface area contributed by atoms with Gasteiger partial charge in [0.1, 0.15) is 34.6 Å². The van der Waals surface area contributed by atoms with Crippen molar-refractivity contribution in [1.29, 1.82) is 0 Å². The molecule has 5 aromatic heterocycles. The lowest BCUT2D eigenvalue weighted by Crippen LogP contribution is -2.36. The number of nitrogens with one attached hydrogen (secondary N) is 5. The first kappa shape index (κ1) is 63.6. The van der Waals surface area contributed by atoms with E-state index < -0.39 is 0 Å². The van der Waals surface area contributed by atoms with Gasteiger partial charge in [0.25, 0.3) is 29.5 Å². The molecule has 0 radical (unpaired) electrons. The predicted molar refractivity (Wildman–Crippen MR) is 315 cm³/mol. The summed E-state index contributed by atoms with van der Waals surface area (Å²) < 4.78 is 18.2. The fraction of sp³-hybridized carbons (Fsp3) is 0.639. The third kappa shape index (κ3) is 19.6. The van der Waals surface area contributed by atoms with Crippen molar-refractivity contribution in [3.05, 3.63) is 101 Å². The Balaban J connectivity index is 0.000000163. The Hall–Kier alpha value is -6.54. The summed E-state index contributed by atoms with van der Waals surface area (Å²) in [6.07, 6.45) is 24.9. The normalized spacial score (nSPS) is 17.1. The third-order valence-corrected chi connectivity index (χ3v) is 14.7. The van der Waals surface area contributed by atoms with Crippen LogP contribution in [0.1, 0.15) is 247 Å². The van der Waals surface area contributed by atoms with Crippen LogP contribution in [0.15, 0.2) is 72.0 Å². The fourth-order valence-corrected chi connectivity index (χ4v) is 10.3. The quantitative estimate of drug-likeness (QED) is 0.0662. The molecule has 7 heterocycles. The summed E-state index contributed by atoms with van der Waals surface area (Å²) in [4.78, 5) is 61.9. The molecule has 2 saturated heterocycles. The van der Waals surface area contributed by atoms with E-state index in [9.17, 15) is 24.0 Å². The van der Waals surface area contributed by atoms with Crippen molar-refractivity contribution >= 4 is 29.5 Å². The summed E-state index contributed by atoms with van der Waals surface area (Å²) in [6, 6.07) is 13.8. The van der Waals surface area contributed by atoms with E-state index in [1.165, 1.54) is 57.6 Å². The topological polar surface area (TPSA) is 229 Å². The molecule has 3 aliphatic carbocycles. The summed E-state index contributed by atoms with van der Waals surface area (Å²) in [5, 5.41) is 27.2. The van der Waals surface area contributed by atoms with Gasteiger partial charge in [0.2, 0.25) is 0 Å². The van der Waals surface area contributed by atoms with Gasteiger partial charge in [0, 0.05) is 86.2 Å². The highest BCUT2D eigenvalue weighted by atomic mass is 16.5. The second-order valence-corrected chi connectivity index (χ2v) is 23.7. The molecular weight excluding hydrogens is 1030 g/mol. The summed E-state index contributed by atoms with van der Waals surface area (Å²) in [5.74, 6) is 0.335. The molecule has 0 unspecified atom stereocenters. The van der Waals surface area contributed by atoms with Crippen molar-refractivity contribution in [2.24, 2.45) is 0 Å². The van der Waals surface area contributed by atoms with Crippen molar-refractivity contribution in [3.63, 3.8) is 0 Å². The Labute approximate surface area is 480 Å². The summed E-state index contributed by atoms with van der Waals surface area (Å²) in [5.41, 5.74) is 4.38. The minimum absolute atomic E-state index is 0.0265. The maximum absolute atomic E-state index is 12.1. The molecule has 81 heavy (non-hydrogen) atoms. The average molecular weight is 1120 g/mol. The van der Waals surface area contributed by atoms with Crippen molar-refractivity contribution < 1.29 is 33.2 Å². The summed E-state index contributed by atoms with van der Waals surface area (Å²) >= 11 is 0. The molecule has 5 N–H and O–H groups in total. The van der Waals surface area contributed by atoms with Gasteiger partial charge in [-0.25, -0.2) is 0 Å². The van der Waals surface area contributed by atoms with Crippen LogP contribution >= 0.6 is 0 Å². The van der Waals surface area contributed by atoms with Crippen LogP contribution in [0.4, 0.5) is 0 Å². The number of carbonyl (C=O) groups is 5. The van der Waals surface area contributed by atoms with E-state index in [0.717, 1.165) is 81.9 Å². The Morgan fingerprint density at radius 1 is 0.481 bits per heavy atom. The maximum atomic E-state index is 12.1. The van der Waals surface area contributed by atoms with Crippen LogP contribution < -0.4 is 26.6 Å². The fourth-order valence-electron chi connectivity index (χ4n) is 10.3. The van der Waals surface area contributed by atoms with Crippen LogP contribution in [0.25, 0.3) is 0 Å². The lowest BCUT2D eigenvalue weighted by atomic mass is 9.85. The highest BCUT2D eigenvalue weighted by Crippen LogP contribution is 2.36. The van der Waals surface area contributed by atoms with Gasteiger partial charge in [-0.1, -0.05) is 24.4 Å². The van der Waals surface area contributed by atoms with E-state index in [2.05, 4.69) is 63.0 Å². The Kier molecular flexibility index (Phi) is 24.8. The van der Waals surface area contributed by atoms with Gasteiger partial charge in [-0.15, -0.1) is 0 Å². The number of likely N-dealkylation sites (tertiary alicyclic amines) is 1. The zero-order chi connectivity index (χ0) is 58.6. The molecule has 3 saturated carbocycles. The van der Waals surface area contributed by atoms with Crippen molar-refractivity contribution in [3.8, 4) is 0 Å². The molecule has 5 amide bonds. The number of hydrogen-bond donors (Lipinski definition) is 5. The molecule has 5 aromatic rings. The molecule has 5 fully saturated rings. The lowest BCUT2D eigenvalue weighted by Gasteiger charge is -2.29. The Morgan fingerprint density at radius 2 is 0.901 bits per heavy atom. The molecule has 446 valence electrons. The van der Waals surface area contributed by atoms with Crippen LogP contribution in [-0.2, 0) is 4.74 Å². The molecule has 20 nitrogen and oxygen atoms in total. The molecule has 0 spiro atoms. The molecule has 20 heteroatoms. The molecule has 2 aliphatic heterocycles. The smallest absolute Gasteiger partial charge is 0.269 e.